The Kier molecular flexibility index (Phi) is 3.78. The normalized spacial score (nSPS) is 28.8. The van der Waals surface area contributed by atoms with Gasteiger partial charge in [-0.3, -0.25) is 4.57 Å². The molecule has 2 aromatic heterocycles. The molecule has 0 spiro atoms. The second-order valence-corrected chi connectivity index (χ2v) is 5.76. The minimum atomic E-state index is -1.10. The van der Waals surface area contributed by atoms with Gasteiger partial charge in [0, 0.05) is 20.0 Å². The molecule has 2 aromatic rings. The van der Waals surface area contributed by atoms with E-state index in [-0.39, 0.29) is 12.0 Å². The van der Waals surface area contributed by atoms with E-state index in [9.17, 15) is 4.39 Å². The molecule has 1 aliphatic heterocycles. The third-order valence-electron chi connectivity index (χ3n) is 3.89. The van der Waals surface area contributed by atoms with Crippen LogP contribution < -0.4 is 0 Å². The van der Waals surface area contributed by atoms with Gasteiger partial charge >= 0.3 is 0 Å². The van der Waals surface area contributed by atoms with Gasteiger partial charge in [-0.2, -0.15) is 0 Å². The first-order valence-corrected chi connectivity index (χ1v) is 7.16. The Morgan fingerprint density at radius 2 is 2.09 bits per heavy atom. The van der Waals surface area contributed by atoms with Crippen LogP contribution in [0.2, 0.25) is 0 Å². The molecular formula is C14H19FN6O. The van der Waals surface area contributed by atoms with Crippen LogP contribution in [-0.4, -0.2) is 57.1 Å². The summed E-state index contributed by atoms with van der Waals surface area (Å²) in [5.41, 5.74) is 1.05. The summed E-state index contributed by atoms with van der Waals surface area (Å²) in [5, 5.41) is 0. The Balaban J connectivity index is 2.01. The number of ether oxygens (including phenoxy) is 1. The van der Waals surface area contributed by atoms with Crippen molar-refractivity contribution < 1.29 is 9.13 Å². The molecular weight excluding hydrogens is 287 g/mol. The number of fused-ring (bicyclic) bond motifs is 1. The van der Waals surface area contributed by atoms with Crippen LogP contribution in [0.3, 0.4) is 0 Å². The second-order valence-electron chi connectivity index (χ2n) is 5.76. The van der Waals surface area contributed by atoms with Gasteiger partial charge in [-0.15, -0.1) is 0 Å². The van der Waals surface area contributed by atoms with Gasteiger partial charge in [0.05, 0.1) is 18.8 Å². The van der Waals surface area contributed by atoms with Gasteiger partial charge in [0.1, 0.15) is 6.33 Å². The van der Waals surface area contributed by atoms with E-state index >= 15 is 0 Å². The third-order valence-corrected chi connectivity index (χ3v) is 3.89. The number of hydrogen-bond donors (Lipinski definition) is 0. The van der Waals surface area contributed by atoms with Crippen LogP contribution in [0.5, 0.6) is 0 Å². The summed E-state index contributed by atoms with van der Waals surface area (Å²) in [4.78, 5) is 18.7. The van der Waals surface area contributed by atoms with Gasteiger partial charge < -0.3 is 9.64 Å². The van der Waals surface area contributed by atoms with E-state index < -0.39 is 12.4 Å². The maximum absolute atomic E-state index is 14.4. The molecule has 0 aliphatic carbocycles. The van der Waals surface area contributed by atoms with Gasteiger partial charge in [-0.1, -0.05) is 6.92 Å². The van der Waals surface area contributed by atoms with Crippen LogP contribution in [0.1, 0.15) is 20.1 Å². The molecule has 0 bridgehead atoms. The van der Waals surface area contributed by atoms with Crippen LogP contribution >= 0.6 is 0 Å². The lowest BCUT2D eigenvalue weighted by molar-refractivity contribution is -0.0102. The van der Waals surface area contributed by atoms with E-state index in [0.29, 0.717) is 17.0 Å². The number of hydrogen-bond acceptors (Lipinski definition) is 5. The van der Waals surface area contributed by atoms with Crippen molar-refractivity contribution in [2.24, 2.45) is 10.9 Å². The van der Waals surface area contributed by atoms with Crippen molar-refractivity contribution in [1.82, 2.24) is 24.4 Å². The number of halogens is 1. The molecule has 4 atom stereocenters. The predicted molar refractivity (Wildman–Crippen MR) is 80.8 cm³/mol. The molecule has 22 heavy (non-hydrogen) atoms. The lowest BCUT2D eigenvalue weighted by Gasteiger charge is -2.15. The van der Waals surface area contributed by atoms with Gasteiger partial charge in [0.15, 0.2) is 29.4 Å². The summed E-state index contributed by atoms with van der Waals surface area (Å²) in [6.45, 7) is 3.72. The van der Waals surface area contributed by atoms with Crippen molar-refractivity contribution in [1.29, 1.82) is 0 Å². The fourth-order valence-corrected chi connectivity index (χ4v) is 2.45. The van der Waals surface area contributed by atoms with Crippen LogP contribution in [0.25, 0.3) is 11.2 Å². The highest BCUT2D eigenvalue weighted by Gasteiger charge is 2.41. The van der Waals surface area contributed by atoms with Crippen molar-refractivity contribution >= 4 is 23.3 Å². The number of rotatable bonds is 3. The zero-order chi connectivity index (χ0) is 15.9. The maximum Gasteiger partial charge on any atom is 0.184 e. The Morgan fingerprint density at radius 1 is 1.32 bits per heavy atom. The summed E-state index contributed by atoms with van der Waals surface area (Å²) < 4.78 is 21.8. The number of aromatic nitrogens is 4. The van der Waals surface area contributed by atoms with Gasteiger partial charge in [0.2, 0.25) is 0 Å². The molecule has 0 amide bonds. The summed E-state index contributed by atoms with van der Waals surface area (Å²) in [6.07, 6.45) is 2.61. The van der Waals surface area contributed by atoms with Crippen molar-refractivity contribution in [3.8, 4) is 0 Å². The molecule has 8 heteroatoms. The highest BCUT2D eigenvalue weighted by atomic mass is 19.1. The topological polar surface area (TPSA) is 68.4 Å². The monoisotopic (exact) mass is 306 g/mol. The SMILES string of the molecule is C[C@H]1[C@H](F)[C@H](n2cnc3c(/N=C/N(C)C)ncnc32)O[C@@H]1C. The molecule has 0 radical (unpaired) electrons. The number of aliphatic imine (C=N–C) groups is 1. The first kappa shape index (κ1) is 14.8. The summed E-state index contributed by atoms with van der Waals surface area (Å²) >= 11 is 0. The summed E-state index contributed by atoms with van der Waals surface area (Å²) in [7, 11) is 3.73. The molecule has 1 fully saturated rings. The Morgan fingerprint density at radius 3 is 2.73 bits per heavy atom. The van der Waals surface area contributed by atoms with Crippen LogP contribution in [0.15, 0.2) is 17.6 Å². The average molecular weight is 306 g/mol. The van der Waals surface area contributed by atoms with Crippen molar-refractivity contribution in [3.63, 3.8) is 0 Å². The molecule has 0 saturated carbocycles. The van der Waals surface area contributed by atoms with Gasteiger partial charge in [-0.05, 0) is 6.92 Å². The Bertz CT molecular complexity index is 700. The smallest absolute Gasteiger partial charge is 0.184 e. The largest absolute Gasteiger partial charge is 0.369 e. The second kappa shape index (κ2) is 5.60. The van der Waals surface area contributed by atoms with Crippen molar-refractivity contribution in [3.05, 3.63) is 12.7 Å². The standard InChI is InChI=1S/C14H19FN6O/c1-8-9(2)22-14(10(8)15)21-7-18-11-12(19-6-20(3)4)16-5-17-13(11)21/h5-10,14H,1-4H3/b19-6+/t8-,9-,10+,14-/m1/s1. The van der Waals surface area contributed by atoms with E-state index in [1.807, 2.05) is 27.9 Å². The third kappa shape index (κ3) is 2.43. The summed E-state index contributed by atoms with van der Waals surface area (Å²) in [5.74, 6) is 0.280. The first-order chi connectivity index (χ1) is 10.5. The lowest BCUT2D eigenvalue weighted by Crippen LogP contribution is -2.19. The number of imidazole rings is 1. The lowest BCUT2D eigenvalue weighted by atomic mass is 10.0. The van der Waals surface area contributed by atoms with Crippen LogP contribution in [0.4, 0.5) is 10.2 Å². The molecule has 3 rings (SSSR count). The maximum atomic E-state index is 14.4. The zero-order valence-corrected chi connectivity index (χ0v) is 13.0. The Labute approximate surface area is 127 Å². The molecule has 0 aromatic carbocycles. The van der Waals surface area contributed by atoms with E-state index in [0.717, 1.165) is 0 Å². The van der Waals surface area contributed by atoms with Crippen molar-refractivity contribution in [2.45, 2.75) is 32.4 Å². The fraction of sp³-hybridized carbons (Fsp3) is 0.571. The summed E-state index contributed by atoms with van der Waals surface area (Å²) in [6, 6.07) is 0. The first-order valence-electron chi connectivity index (χ1n) is 7.16. The van der Waals surface area contributed by atoms with Crippen LogP contribution in [0, 0.1) is 5.92 Å². The zero-order valence-electron chi connectivity index (χ0n) is 13.0. The average Bonchev–Trinajstić information content (AvgIpc) is 3.02. The number of alkyl halides is 1. The van der Waals surface area contributed by atoms with Gasteiger partial charge in [-0.25, -0.2) is 24.3 Å². The number of nitrogens with zero attached hydrogens (tertiary/aromatic N) is 6. The molecule has 3 heterocycles. The minimum absolute atomic E-state index is 0.148. The quantitative estimate of drug-likeness (QED) is 0.640. The molecule has 7 nitrogen and oxygen atoms in total. The van der Waals surface area contributed by atoms with Crippen molar-refractivity contribution in [2.75, 3.05) is 14.1 Å². The van der Waals surface area contributed by atoms with E-state index in [1.54, 1.807) is 15.8 Å². The minimum Gasteiger partial charge on any atom is -0.369 e. The highest BCUT2D eigenvalue weighted by molar-refractivity contribution is 5.82. The molecule has 0 N–H and O–H groups in total. The Hall–Kier alpha value is -2.09. The van der Waals surface area contributed by atoms with Crippen LogP contribution in [-0.2, 0) is 4.74 Å². The van der Waals surface area contributed by atoms with E-state index in [1.165, 1.54) is 12.7 Å². The molecule has 0 unspecified atom stereocenters. The highest BCUT2D eigenvalue weighted by Crippen LogP contribution is 2.37. The van der Waals surface area contributed by atoms with E-state index in [2.05, 4.69) is 19.9 Å². The molecule has 1 saturated heterocycles. The van der Waals surface area contributed by atoms with E-state index in [4.69, 9.17) is 4.74 Å². The molecule has 1 aliphatic rings. The predicted octanol–water partition coefficient (Wildman–Crippen LogP) is 1.94. The molecule has 118 valence electrons. The fourth-order valence-electron chi connectivity index (χ4n) is 2.45. The van der Waals surface area contributed by atoms with Gasteiger partial charge in [0.25, 0.3) is 0 Å².